The first-order valence-electron chi connectivity index (χ1n) is 6.59. The molecule has 1 aromatic rings. The van der Waals surface area contributed by atoms with Crippen molar-refractivity contribution < 1.29 is 4.39 Å². The summed E-state index contributed by atoms with van der Waals surface area (Å²) in [6.45, 7) is 4.20. The predicted molar refractivity (Wildman–Crippen MR) is 71.8 cm³/mol. The fraction of sp³-hybridized carbons (Fsp3) is 0.600. The normalized spacial score (nSPS) is 12.7. The second kappa shape index (κ2) is 7.44. The second-order valence-corrected chi connectivity index (χ2v) is 4.76. The Morgan fingerprint density at radius 1 is 1.29 bits per heavy atom. The number of unbranched alkanes of at least 4 members (excludes halogenated alkanes) is 2. The molecule has 1 nitrogen and oxygen atoms in total. The lowest BCUT2D eigenvalue weighted by Crippen LogP contribution is -2.27. The molecule has 1 atom stereocenters. The molecule has 1 rings (SSSR count). The third kappa shape index (κ3) is 4.86. The van der Waals surface area contributed by atoms with Crippen LogP contribution in [0.5, 0.6) is 0 Å². The van der Waals surface area contributed by atoms with E-state index in [1.165, 1.54) is 31.2 Å². The molecule has 0 bridgehead atoms. The number of hydrogen-bond acceptors (Lipinski definition) is 1. The Morgan fingerprint density at radius 2 is 2.06 bits per heavy atom. The van der Waals surface area contributed by atoms with Gasteiger partial charge in [0.1, 0.15) is 5.82 Å². The Hall–Kier alpha value is -0.890. The van der Waals surface area contributed by atoms with Crippen LogP contribution in [-0.2, 0) is 6.42 Å². The highest BCUT2D eigenvalue weighted by Crippen LogP contribution is 2.15. The van der Waals surface area contributed by atoms with Crippen LogP contribution in [0.2, 0.25) is 0 Å². The standard InChI is InChI=1S/C15H24FN/c1-4-5-6-7-15(17-3)11-13-8-9-14(16)10-12(13)2/h8-10,15,17H,4-7,11H2,1-3H3. The number of halogens is 1. The van der Waals surface area contributed by atoms with Crippen molar-refractivity contribution in [1.29, 1.82) is 0 Å². The lowest BCUT2D eigenvalue weighted by molar-refractivity contribution is 0.489. The lowest BCUT2D eigenvalue weighted by atomic mass is 9.97. The maximum absolute atomic E-state index is 13.0. The van der Waals surface area contributed by atoms with Gasteiger partial charge in [-0.3, -0.25) is 0 Å². The lowest BCUT2D eigenvalue weighted by Gasteiger charge is -2.17. The van der Waals surface area contributed by atoms with Crippen LogP contribution in [0.15, 0.2) is 18.2 Å². The third-order valence-corrected chi connectivity index (χ3v) is 3.34. The predicted octanol–water partition coefficient (Wildman–Crippen LogP) is 3.84. The van der Waals surface area contributed by atoms with Crippen molar-refractivity contribution >= 4 is 0 Å². The van der Waals surface area contributed by atoms with Crippen LogP contribution in [0.3, 0.4) is 0 Å². The molecule has 0 fully saturated rings. The Kier molecular flexibility index (Phi) is 6.20. The second-order valence-electron chi connectivity index (χ2n) is 4.76. The van der Waals surface area contributed by atoms with Crippen molar-refractivity contribution in [2.45, 2.75) is 52.0 Å². The summed E-state index contributed by atoms with van der Waals surface area (Å²) >= 11 is 0. The van der Waals surface area contributed by atoms with Gasteiger partial charge in [0.2, 0.25) is 0 Å². The summed E-state index contributed by atoms with van der Waals surface area (Å²) in [6.07, 6.45) is 6.00. The topological polar surface area (TPSA) is 12.0 Å². The van der Waals surface area contributed by atoms with Crippen molar-refractivity contribution in [3.8, 4) is 0 Å². The molecule has 1 aromatic carbocycles. The monoisotopic (exact) mass is 237 g/mol. The maximum Gasteiger partial charge on any atom is 0.123 e. The molecule has 1 unspecified atom stereocenters. The summed E-state index contributed by atoms with van der Waals surface area (Å²) in [6, 6.07) is 5.59. The highest BCUT2D eigenvalue weighted by molar-refractivity contribution is 5.27. The number of aryl methyl sites for hydroxylation is 1. The maximum atomic E-state index is 13.0. The van der Waals surface area contributed by atoms with Gasteiger partial charge in [-0.1, -0.05) is 32.3 Å². The van der Waals surface area contributed by atoms with Gasteiger partial charge in [-0.2, -0.15) is 0 Å². The van der Waals surface area contributed by atoms with Crippen molar-refractivity contribution in [1.82, 2.24) is 5.32 Å². The fourth-order valence-corrected chi connectivity index (χ4v) is 2.14. The van der Waals surface area contributed by atoms with Crippen LogP contribution in [0, 0.1) is 12.7 Å². The molecule has 0 saturated heterocycles. The van der Waals surface area contributed by atoms with E-state index in [-0.39, 0.29) is 5.82 Å². The quantitative estimate of drug-likeness (QED) is 0.710. The van der Waals surface area contributed by atoms with E-state index in [0.717, 1.165) is 12.0 Å². The minimum atomic E-state index is -0.141. The van der Waals surface area contributed by atoms with Gasteiger partial charge in [-0.15, -0.1) is 0 Å². The van der Waals surface area contributed by atoms with Gasteiger partial charge in [0.15, 0.2) is 0 Å². The molecule has 17 heavy (non-hydrogen) atoms. The molecule has 0 amide bonds. The zero-order valence-corrected chi connectivity index (χ0v) is 11.2. The first-order valence-corrected chi connectivity index (χ1v) is 6.59. The van der Waals surface area contributed by atoms with E-state index in [4.69, 9.17) is 0 Å². The fourth-order valence-electron chi connectivity index (χ4n) is 2.14. The first kappa shape index (κ1) is 14.2. The molecule has 0 spiro atoms. The molecule has 0 aromatic heterocycles. The molecule has 0 heterocycles. The van der Waals surface area contributed by atoms with E-state index < -0.39 is 0 Å². The van der Waals surface area contributed by atoms with Crippen molar-refractivity contribution in [3.63, 3.8) is 0 Å². The first-order chi connectivity index (χ1) is 8.17. The van der Waals surface area contributed by atoms with E-state index in [0.29, 0.717) is 6.04 Å². The minimum Gasteiger partial charge on any atom is -0.317 e. The van der Waals surface area contributed by atoms with Gasteiger partial charge >= 0.3 is 0 Å². The summed E-state index contributed by atoms with van der Waals surface area (Å²) in [7, 11) is 2.01. The average Bonchev–Trinajstić information content (AvgIpc) is 2.31. The van der Waals surface area contributed by atoms with Crippen molar-refractivity contribution in [2.75, 3.05) is 7.05 Å². The molecule has 96 valence electrons. The molecular formula is C15H24FN. The highest BCUT2D eigenvalue weighted by atomic mass is 19.1. The van der Waals surface area contributed by atoms with Crippen LogP contribution in [0.1, 0.15) is 43.7 Å². The SMILES string of the molecule is CCCCCC(Cc1ccc(F)cc1C)NC. The zero-order valence-electron chi connectivity index (χ0n) is 11.2. The number of hydrogen-bond donors (Lipinski definition) is 1. The van der Waals surface area contributed by atoms with E-state index in [2.05, 4.69) is 12.2 Å². The van der Waals surface area contributed by atoms with Gasteiger partial charge < -0.3 is 5.32 Å². The van der Waals surface area contributed by atoms with Crippen LogP contribution < -0.4 is 5.32 Å². The summed E-state index contributed by atoms with van der Waals surface area (Å²) < 4.78 is 13.0. The highest BCUT2D eigenvalue weighted by Gasteiger charge is 2.09. The van der Waals surface area contributed by atoms with Crippen LogP contribution in [-0.4, -0.2) is 13.1 Å². The molecule has 0 aliphatic heterocycles. The number of likely N-dealkylation sites (N-methyl/N-ethyl adjacent to an activating group) is 1. The Bertz CT molecular complexity index is 336. The molecule has 0 saturated carbocycles. The van der Waals surface area contributed by atoms with Gasteiger partial charge in [-0.05, 0) is 50.1 Å². The zero-order chi connectivity index (χ0) is 12.7. The molecular weight excluding hydrogens is 213 g/mol. The van der Waals surface area contributed by atoms with Crippen molar-refractivity contribution in [3.05, 3.63) is 35.1 Å². The van der Waals surface area contributed by atoms with Crippen LogP contribution in [0.25, 0.3) is 0 Å². The average molecular weight is 237 g/mol. The molecule has 0 radical (unpaired) electrons. The van der Waals surface area contributed by atoms with E-state index in [1.807, 2.05) is 20.0 Å². The molecule has 1 N–H and O–H groups in total. The van der Waals surface area contributed by atoms with E-state index >= 15 is 0 Å². The summed E-state index contributed by atoms with van der Waals surface area (Å²) in [5.74, 6) is -0.141. The summed E-state index contributed by atoms with van der Waals surface area (Å²) in [5.41, 5.74) is 2.31. The third-order valence-electron chi connectivity index (χ3n) is 3.34. The molecule has 2 heteroatoms. The van der Waals surface area contributed by atoms with E-state index in [9.17, 15) is 4.39 Å². The number of nitrogens with one attached hydrogen (secondary N) is 1. The smallest absolute Gasteiger partial charge is 0.123 e. The van der Waals surface area contributed by atoms with Gasteiger partial charge in [0, 0.05) is 6.04 Å². The number of rotatable bonds is 7. The minimum absolute atomic E-state index is 0.141. The Labute approximate surface area is 104 Å². The van der Waals surface area contributed by atoms with Crippen molar-refractivity contribution in [2.24, 2.45) is 0 Å². The van der Waals surface area contributed by atoms with E-state index in [1.54, 1.807) is 12.1 Å². The number of benzene rings is 1. The van der Waals surface area contributed by atoms with Gasteiger partial charge in [0.25, 0.3) is 0 Å². The summed E-state index contributed by atoms with van der Waals surface area (Å²) in [5, 5.41) is 3.36. The van der Waals surface area contributed by atoms with Crippen LogP contribution in [0.4, 0.5) is 4.39 Å². The van der Waals surface area contributed by atoms with Gasteiger partial charge in [0.05, 0.1) is 0 Å². The molecule has 0 aliphatic rings. The van der Waals surface area contributed by atoms with Crippen LogP contribution >= 0.6 is 0 Å². The largest absolute Gasteiger partial charge is 0.317 e. The summed E-state index contributed by atoms with van der Waals surface area (Å²) in [4.78, 5) is 0. The Morgan fingerprint density at radius 3 is 2.65 bits per heavy atom. The molecule has 0 aliphatic carbocycles. The van der Waals surface area contributed by atoms with Gasteiger partial charge in [-0.25, -0.2) is 4.39 Å². The Balaban J connectivity index is 2.54.